The number of oxime groups is 1. The topological polar surface area (TPSA) is 194 Å². The zero-order valence-corrected chi connectivity index (χ0v) is 42.0. The van der Waals surface area contributed by atoms with E-state index in [0.717, 1.165) is 21.8 Å². The number of amides is 2. The number of methoxy groups -OCH3 is 2. The van der Waals surface area contributed by atoms with Crippen LogP contribution in [0, 0.1) is 6.92 Å². The van der Waals surface area contributed by atoms with Crippen molar-refractivity contribution in [2.75, 3.05) is 20.0 Å². The number of carbonyl (C=O) groups is 4. The van der Waals surface area contributed by atoms with Gasteiger partial charge in [0.2, 0.25) is 5.60 Å². The van der Waals surface area contributed by atoms with E-state index in [2.05, 4.69) is 20.1 Å². The largest absolute Gasteiger partial charge is 0.539 e. The summed E-state index contributed by atoms with van der Waals surface area (Å²) >= 11 is 8.35. The Bertz CT molecular complexity index is 2870. The van der Waals surface area contributed by atoms with Crippen LogP contribution >= 0.6 is 22.9 Å². The normalized spacial score (nSPS) is 16.9. The van der Waals surface area contributed by atoms with E-state index in [4.69, 9.17) is 48.2 Å². The second-order valence-electron chi connectivity index (χ2n) is 17.5. The number of rotatable bonds is 18. The van der Waals surface area contributed by atoms with Crippen molar-refractivity contribution in [3.05, 3.63) is 129 Å². The molecule has 21 heteroatoms. The molecule has 2 aromatic heterocycles. The number of β-lactam (4-membered cyclic amide) rings is 1. The van der Waals surface area contributed by atoms with Crippen molar-refractivity contribution in [3.63, 3.8) is 0 Å². The van der Waals surface area contributed by atoms with Crippen LogP contribution in [0.4, 0.5) is 0 Å². The molecular formula is C49H50BClN5O12S2+. The van der Waals surface area contributed by atoms with Gasteiger partial charge in [0.05, 0.1) is 40.8 Å². The third-order valence-electron chi connectivity index (χ3n) is 10.9. The molecule has 3 atom stereocenters. The number of pyridine rings is 1. The van der Waals surface area contributed by atoms with Gasteiger partial charge < -0.3 is 38.5 Å². The molecule has 0 bridgehead atoms. The maximum absolute atomic E-state index is 14.0. The first-order valence-corrected chi connectivity index (χ1v) is 24.3. The summed E-state index contributed by atoms with van der Waals surface area (Å²) in [5, 5.41) is 7.90. The minimum absolute atomic E-state index is 0.0107. The second-order valence-corrected chi connectivity index (χ2v) is 20.5. The Morgan fingerprint density at radius 3 is 2.10 bits per heavy atom. The van der Waals surface area contributed by atoms with Gasteiger partial charge >= 0.3 is 20.0 Å². The first-order chi connectivity index (χ1) is 33.3. The molecular weight excluding hydrogens is 961 g/mol. The molecule has 7 rings (SSSR count). The van der Waals surface area contributed by atoms with E-state index in [1.807, 2.05) is 54.6 Å². The molecule has 1 N–H and O–H groups in total. The molecule has 2 aliphatic rings. The summed E-state index contributed by atoms with van der Waals surface area (Å²) in [4.78, 5) is 64.9. The van der Waals surface area contributed by atoms with Crippen molar-refractivity contribution in [2.24, 2.45) is 5.16 Å². The van der Waals surface area contributed by atoms with Crippen LogP contribution in [-0.4, -0.2) is 94.2 Å². The lowest BCUT2D eigenvalue weighted by atomic mass is 10.0. The van der Waals surface area contributed by atoms with Crippen molar-refractivity contribution < 1.29 is 61.1 Å². The van der Waals surface area contributed by atoms with Crippen molar-refractivity contribution in [2.45, 2.75) is 83.9 Å². The van der Waals surface area contributed by atoms with Gasteiger partial charge in [0.25, 0.3) is 11.8 Å². The van der Waals surface area contributed by atoms with Gasteiger partial charge in [-0.15, -0.1) is 11.3 Å². The highest BCUT2D eigenvalue weighted by Gasteiger charge is 2.58. The highest BCUT2D eigenvalue weighted by Crippen LogP contribution is 2.43. The SMILES string of the molecule is [B]OC(=O)C1=C(C[n+]2ccc(-c3ccc(OCc4ccc(OC)cc4)c(OCc4ccc(OC)cc4)c3Cl)cc2)CS(=O)[C@@H]2[C@H](NC(=O)/C(=N\OC(C)(C)C(=O)OC(C)(C)C)c3csc(C)n3)C(=O)N12. The molecule has 0 spiro atoms. The first-order valence-electron chi connectivity index (χ1n) is 21.7. The number of fused-ring (bicyclic) bond motifs is 1. The van der Waals surface area contributed by atoms with Gasteiger partial charge in [0.1, 0.15) is 53.1 Å². The highest BCUT2D eigenvalue weighted by molar-refractivity contribution is 7.86. The van der Waals surface area contributed by atoms with Gasteiger partial charge in [-0.2, -0.15) is 0 Å². The number of nitrogens with one attached hydrogen (secondary N) is 1. The lowest BCUT2D eigenvalue weighted by molar-refractivity contribution is -0.689. The zero-order chi connectivity index (χ0) is 50.5. The van der Waals surface area contributed by atoms with E-state index in [-0.39, 0.29) is 42.6 Å². The van der Waals surface area contributed by atoms with Crippen LogP contribution in [0.5, 0.6) is 23.0 Å². The first kappa shape index (κ1) is 51.1. The quantitative estimate of drug-likeness (QED) is 0.0266. The van der Waals surface area contributed by atoms with Gasteiger partial charge in [0, 0.05) is 28.6 Å². The lowest BCUT2D eigenvalue weighted by Crippen LogP contribution is -2.74. The molecule has 2 aliphatic heterocycles. The number of hydrogen-bond donors (Lipinski definition) is 1. The number of nitrogens with zero attached hydrogens (tertiary/aromatic N) is 4. The molecule has 3 aromatic carbocycles. The van der Waals surface area contributed by atoms with Gasteiger partial charge in [-0.1, -0.05) is 41.0 Å². The molecule has 2 amide bonds. The molecule has 5 aromatic rings. The van der Waals surface area contributed by atoms with Gasteiger partial charge in [-0.25, -0.2) is 19.1 Å². The fourth-order valence-electron chi connectivity index (χ4n) is 7.24. The number of ether oxygens (including phenoxy) is 5. The average Bonchev–Trinajstić information content (AvgIpc) is 3.77. The lowest BCUT2D eigenvalue weighted by Gasteiger charge is -2.49. The fourth-order valence-corrected chi connectivity index (χ4v) is 9.83. The number of carbonyl (C=O) groups excluding carboxylic acids is 4. The van der Waals surface area contributed by atoms with Crippen LogP contribution in [0.1, 0.15) is 56.4 Å². The molecule has 0 aliphatic carbocycles. The van der Waals surface area contributed by atoms with E-state index in [9.17, 15) is 23.4 Å². The van der Waals surface area contributed by atoms with Crippen LogP contribution in [0.25, 0.3) is 11.1 Å². The molecule has 1 fully saturated rings. The predicted molar refractivity (Wildman–Crippen MR) is 261 cm³/mol. The third kappa shape index (κ3) is 11.6. The van der Waals surface area contributed by atoms with Crippen LogP contribution in [0.3, 0.4) is 0 Å². The standard InChI is InChI=1S/C49H49BClN5O12S2/c1-28-52-36(26-69-28)39(54-68-49(5,6)47(60)66-48(2,3)4)43(57)53-40-44(58)56-41(46(59)67-50)32(27-70(61)45(40)56)23-55-21-19-31(20-22-55)35-17-18-37(64-24-29-9-13-33(62-7)14-10-29)42(38(35)51)65-25-30-11-15-34(63-8)16-12-30/h9-22,26,40,45H,23-25,27H2,1-8H3/p+1/b54-39-/t40-,45-,70?/m1/s1. The number of aryl methyl sites for hydroxylation is 1. The summed E-state index contributed by atoms with van der Waals surface area (Å²) in [6.45, 7) is 10.1. The van der Waals surface area contributed by atoms with Crippen LogP contribution < -0.4 is 28.8 Å². The molecule has 1 saturated heterocycles. The molecule has 2 radical (unpaired) electrons. The number of aromatic nitrogens is 2. The summed E-state index contributed by atoms with van der Waals surface area (Å²) < 4.78 is 48.9. The molecule has 1 unspecified atom stereocenters. The average molecular weight is 1010 g/mol. The van der Waals surface area contributed by atoms with Crippen molar-refractivity contribution in [1.82, 2.24) is 15.2 Å². The number of hydrogen-bond acceptors (Lipinski definition) is 15. The molecule has 17 nitrogen and oxygen atoms in total. The van der Waals surface area contributed by atoms with Crippen molar-refractivity contribution in [1.29, 1.82) is 0 Å². The highest BCUT2D eigenvalue weighted by atomic mass is 35.5. The summed E-state index contributed by atoms with van der Waals surface area (Å²) in [6, 6.07) is 20.8. The van der Waals surface area contributed by atoms with Gasteiger partial charge in [-0.3, -0.25) is 18.7 Å². The molecule has 0 saturated carbocycles. The summed E-state index contributed by atoms with van der Waals surface area (Å²) in [6.07, 6.45) is 3.47. The second kappa shape index (κ2) is 21.5. The Balaban J connectivity index is 1.10. The van der Waals surface area contributed by atoms with E-state index < -0.39 is 57.2 Å². The maximum Gasteiger partial charge on any atom is 0.378 e. The molecule has 4 heterocycles. The minimum Gasteiger partial charge on any atom is -0.539 e. The summed E-state index contributed by atoms with van der Waals surface area (Å²) in [7, 11) is 6.74. The van der Waals surface area contributed by atoms with E-state index in [1.165, 1.54) is 25.2 Å². The Morgan fingerprint density at radius 1 is 0.929 bits per heavy atom. The number of thiazole rings is 1. The predicted octanol–water partition coefficient (Wildman–Crippen LogP) is 6.07. The fraction of sp³-hybridized carbons (Fsp3) is 0.327. The van der Waals surface area contributed by atoms with Crippen LogP contribution in [-0.2, 0) is 64.0 Å². The third-order valence-corrected chi connectivity index (χ3v) is 13.7. The molecule has 70 heavy (non-hydrogen) atoms. The van der Waals surface area contributed by atoms with E-state index in [0.29, 0.717) is 44.0 Å². The smallest absolute Gasteiger partial charge is 0.378 e. The Labute approximate surface area is 417 Å². The Hall–Kier alpha value is -6.77. The minimum atomic E-state index is -1.83. The summed E-state index contributed by atoms with van der Waals surface area (Å²) in [5.41, 5.74) is 0.539. The Morgan fingerprint density at radius 2 is 1.54 bits per heavy atom. The monoisotopic (exact) mass is 1010 g/mol. The van der Waals surface area contributed by atoms with Gasteiger partial charge in [-0.05, 0) is 94.6 Å². The zero-order valence-electron chi connectivity index (χ0n) is 39.6. The van der Waals surface area contributed by atoms with Crippen molar-refractivity contribution in [3.8, 4) is 34.1 Å². The maximum atomic E-state index is 14.0. The van der Waals surface area contributed by atoms with Crippen LogP contribution in [0.2, 0.25) is 5.02 Å². The number of benzene rings is 3. The number of esters is 1. The summed E-state index contributed by atoms with van der Waals surface area (Å²) in [5.74, 6) is -1.39. The van der Waals surface area contributed by atoms with Crippen molar-refractivity contribution >= 4 is 71.3 Å². The van der Waals surface area contributed by atoms with E-state index >= 15 is 0 Å². The van der Waals surface area contributed by atoms with Gasteiger partial charge in [0.15, 0.2) is 36.1 Å². The Kier molecular flexibility index (Phi) is 15.7. The van der Waals surface area contributed by atoms with Crippen LogP contribution in [0.15, 0.2) is 107 Å². The molecule has 364 valence electrons. The number of halogens is 1. The van der Waals surface area contributed by atoms with E-state index in [1.54, 1.807) is 82.5 Å².